The number of aromatic amines is 1. The van der Waals surface area contributed by atoms with Gasteiger partial charge < -0.3 is 39.0 Å². The molecule has 3 N–H and O–H groups in total. The van der Waals surface area contributed by atoms with E-state index in [1.54, 1.807) is 7.11 Å². The number of aromatic nitrogens is 1. The predicted molar refractivity (Wildman–Crippen MR) is 220 cm³/mol. The monoisotopic (exact) mass is 809 g/mol. The number of carbonyl (C=O) groups is 3. The molecule has 1 aliphatic carbocycles. The molecule has 10 atom stereocenters. The number of methoxy groups -OCH3 is 3. The van der Waals surface area contributed by atoms with E-state index in [2.05, 4.69) is 20.9 Å². The third-order valence-electron chi connectivity index (χ3n) is 15.3. The second kappa shape index (κ2) is 13.8. The van der Waals surface area contributed by atoms with E-state index in [1.807, 2.05) is 74.7 Å². The molecule has 13 heteroatoms. The van der Waals surface area contributed by atoms with Gasteiger partial charge in [-0.15, -0.1) is 0 Å². The summed E-state index contributed by atoms with van der Waals surface area (Å²) >= 11 is 0. The SMILES string of the molecule is CC[C@]1(O)[CH]C2CN(CCc3c([nH]c4ccccc34)[C@@](C(=O)OC)(c3cc(OC)cc4c3C35CCN6CC=C[C@](CC)(C63)[C@@H](OC(C)=O)[C@](O)(C(=O)OC)C5N4C)C2)C1. The Morgan fingerprint density at radius 1 is 0.983 bits per heavy atom. The number of para-hydroxylation sites is 1. The molecule has 2 bridgehead atoms. The number of nitrogens with zero attached hydrogens (tertiary/aromatic N) is 3. The maximum absolute atomic E-state index is 15.6. The zero-order valence-corrected chi connectivity index (χ0v) is 35.2. The zero-order valence-electron chi connectivity index (χ0n) is 35.2. The van der Waals surface area contributed by atoms with Crippen molar-refractivity contribution in [2.75, 3.05) is 66.0 Å². The molecule has 315 valence electrons. The van der Waals surface area contributed by atoms with Crippen LogP contribution in [-0.2, 0) is 45.8 Å². The van der Waals surface area contributed by atoms with E-state index < -0.39 is 57.5 Å². The number of piperidine rings is 1. The molecule has 1 saturated carbocycles. The average Bonchev–Trinajstić information content (AvgIpc) is 3.90. The first-order valence-electron chi connectivity index (χ1n) is 21.1. The number of esters is 3. The Morgan fingerprint density at radius 3 is 2.44 bits per heavy atom. The van der Waals surface area contributed by atoms with Crippen LogP contribution in [0, 0.1) is 17.8 Å². The fraction of sp³-hybridized carbons (Fsp3) is 0.565. The van der Waals surface area contributed by atoms with Crippen molar-refractivity contribution in [2.24, 2.45) is 11.3 Å². The summed E-state index contributed by atoms with van der Waals surface area (Å²) in [6, 6.07) is 10.6. The van der Waals surface area contributed by atoms with Crippen LogP contribution in [0.2, 0.25) is 0 Å². The van der Waals surface area contributed by atoms with E-state index in [-0.39, 0.29) is 18.4 Å². The lowest BCUT2D eigenvalue weighted by Gasteiger charge is -2.63. The third kappa shape index (κ3) is 5.20. The summed E-state index contributed by atoms with van der Waals surface area (Å²) in [6.07, 6.45) is 7.15. The van der Waals surface area contributed by atoms with Crippen molar-refractivity contribution in [2.45, 2.75) is 93.1 Å². The molecule has 3 fully saturated rings. The van der Waals surface area contributed by atoms with Crippen LogP contribution in [0.3, 0.4) is 0 Å². The van der Waals surface area contributed by atoms with Crippen molar-refractivity contribution >= 4 is 34.5 Å². The van der Waals surface area contributed by atoms with Gasteiger partial charge in [-0.2, -0.15) is 0 Å². The van der Waals surface area contributed by atoms with E-state index in [1.165, 1.54) is 21.1 Å². The normalized spacial score (nSPS) is 37.0. The van der Waals surface area contributed by atoms with Gasteiger partial charge in [0.25, 0.3) is 0 Å². The van der Waals surface area contributed by atoms with Crippen molar-refractivity contribution in [1.82, 2.24) is 14.8 Å². The number of hydrogen-bond donors (Lipinski definition) is 3. The highest BCUT2D eigenvalue weighted by Crippen LogP contribution is 2.69. The van der Waals surface area contributed by atoms with Crippen LogP contribution in [0.4, 0.5) is 5.69 Å². The van der Waals surface area contributed by atoms with Crippen LogP contribution in [0.15, 0.2) is 48.6 Å². The van der Waals surface area contributed by atoms with Crippen LogP contribution in [0.1, 0.15) is 68.8 Å². The number of anilines is 1. The number of carbonyl (C=O) groups excluding carboxylic acids is 3. The number of ether oxygens (including phenoxy) is 4. The van der Waals surface area contributed by atoms with E-state index in [4.69, 9.17) is 18.9 Å². The van der Waals surface area contributed by atoms with E-state index in [9.17, 15) is 19.8 Å². The van der Waals surface area contributed by atoms with Gasteiger partial charge in [-0.3, -0.25) is 19.4 Å². The van der Waals surface area contributed by atoms with Gasteiger partial charge >= 0.3 is 17.9 Å². The molecule has 2 saturated heterocycles. The minimum absolute atomic E-state index is 0.251. The molecule has 2 aromatic carbocycles. The lowest BCUT2D eigenvalue weighted by Crippen LogP contribution is -2.81. The fourth-order valence-electron chi connectivity index (χ4n) is 13.3. The van der Waals surface area contributed by atoms with Crippen molar-refractivity contribution in [3.8, 4) is 5.75 Å². The summed E-state index contributed by atoms with van der Waals surface area (Å²) in [7, 11) is 6.13. The fourth-order valence-corrected chi connectivity index (χ4v) is 13.3. The molecule has 1 spiro atoms. The number of rotatable bonds is 7. The third-order valence-corrected chi connectivity index (χ3v) is 15.3. The Bertz CT molecular complexity index is 2260. The first-order chi connectivity index (χ1) is 28.2. The molecular weight excluding hydrogens is 753 g/mol. The molecular formula is C46H57N4O9. The standard InChI is InChI=1S/C46H57N4O9/c1-8-42(54)23-28-24-45(40(52)57-6,36-31(15-19-49(25-28)26-42)30-13-10-11-14-33(30)47-36)32-21-29(56-5)22-34-35(32)44-17-20-50-18-12-16-43(9-2,37(44)50)39(59-27(3)51)46(55,41(53)58-7)38(44)48(34)4/h10-14,16,21-23,28,37-39,47,54-55H,8-9,15,17-20,24-26H2,1-7H3/t28?,37?,38?,39-,42+,43-,44?,45+,46+/m1/s1. The number of fused-ring (bicyclic) bond motifs is 6. The van der Waals surface area contributed by atoms with E-state index in [0.29, 0.717) is 75.4 Å². The Hall–Kier alpha value is -4.43. The number of aliphatic hydroxyl groups is 2. The Labute approximate surface area is 345 Å². The van der Waals surface area contributed by atoms with Crippen molar-refractivity contribution < 1.29 is 43.5 Å². The molecule has 59 heavy (non-hydrogen) atoms. The summed E-state index contributed by atoms with van der Waals surface area (Å²) in [6.45, 7) is 8.34. The predicted octanol–water partition coefficient (Wildman–Crippen LogP) is 3.81. The zero-order chi connectivity index (χ0) is 41.9. The number of nitrogens with one attached hydrogen (secondary N) is 1. The average molecular weight is 810 g/mol. The largest absolute Gasteiger partial charge is 0.497 e. The molecule has 9 rings (SSSR count). The summed E-state index contributed by atoms with van der Waals surface area (Å²) in [5.74, 6) is -1.75. The summed E-state index contributed by atoms with van der Waals surface area (Å²) < 4.78 is 23.9. The Kier molecular flexibility index (Phi) is 9.36. The van der Waals surface area contributed by atoms with Crippen molar-refractivity contribution in [1.29, 1.82) is 0 Å². The second-order valence-electron chi connectivity index (χ2n) is 17.9. The summed E-state index contributed by atoms with van der Waals surface area (Å²) in [5.41, 5.74) is -2.21. The quantitative estimate of drug-likeness (QED) is 0.181. The molecule has 6 heterocycles. The molecule has 5 unspecified atom stereocenters. The maximum Gasteiger partial charge on any atom is 0.344 e. The van der Waals surface area contributed by atoms with Crippen molar-refractivity contribution in [3.05, 3.63) is 77.4 Å². The summed E-state index contributed by atoms with van der Waals surface area (Å²) in [5, 5.41) is 26.5. The highest BCUT2D eigenvalue weighted by molar-refractivity contribution is 5.95. The van der Waals surface area contributed by atoms with Gasteiger partial charge in [0.1, 0.15) is 11.2 Å². The molecule has 3 aromatic rings. The van der Waals surface area contributed by atoms with Gasteiger partial charge in [0.15, 0.2) is 6.10 Å². The number of H-pyrrole nitrogens is 1. The van der Waals surface area contributed by atoms with E-state index in [0.717, 1.165) is 27.7 Å². The molecule has 5 aliphatic heterocycles. The molecule has 0 amide bonds. The van der Waals surface area contributed by atoms with Crippen LogP contribution in [0.5, 0.6) is 5.75 Å². The Balaban J connectivity index is 1.42. The van der Waals surface area contributed by atoms with Crippen LogP contribution in [0.25, 0.3) is 10.9 Å². The Morgan fingerprint density at radius 2 is 1.75 bits per heavy atom. The number of benzene rings is 2. The lowest BCUT2D eigenvalue weighted by molar-refractivity contribution is -0.228. The van der Waals surface area contributed by atoms with Crippen LogP contribution < -0.4 is 9.64 Å². The molecule has 13 nitrogen and oxygen atoms in total. The van der Waals surface area contributed by atoms with Gasteiger partial charge in [-0.05, 0) is 79.8 Å². The molecule has 1 radical (unpaired) electrons. The minimum Gasteiger partial charge on any atom is -0.497 e. The highest BCUT2D eigenvalue weighted by atomic mass is 16.6. The van der Waals surface area contributed by atoms with Crippen molar-refractivity contribution in [3.63, 3.8) is 0 Å². The maximum atomic E-state index is 15.6. The van der Waals surface area contributed by atoms with Gasteiger partial charge in [0.05, 0.1) is 33.0 Å². The smallest absolute Gasteiger partial charge is 0.344 e. The summed E-state index contributed by atoms with van der Waals surface area (Å²) in [4.78, 5) is 53.7. The van der Waals surface area contributed by atoms with Crippen LogP contribution >= 0.6 is 0 Å². The lowest BCUT2D eigenvalue weighted by atomic mass is 9.46. The second-order valence-corrected chi connectivity index (χ2v) is 17.9. The van der Waals surface area contributed by atoms with E-state index >= 15 is 4.79 Å². The highest BCUT2D eigenvalue weighted by Gasteiger charge is 2.81. The number of hydrogen-bond acceptors (Lipinski definition) is 12. The first kappa shape index (κ1) is 40.0. The van der Waals surface area contributed by atoms with Gasteiger partial charge in [0.2, 0.25) is 5.60 Å². The minimum atomic E-state index is -2.36. The molecule has 6 aliphatic rings. The molecule has 1 aromatic heterocycles. The first-order valence-corrected chi connectivity index (χ1v) is 21.1. The van der Waals surface area contributed by atoms with Gasteiger partial charge in [-0.25, -0.2) is 4.79 Å². The number of likely N-dealkylation sites (N-methyl/N-ethyl adjacent to an activating group) is 1. The van der Waals surface area contributed by atoms with Crippen LogP contribution in [-0.4, -0.2) is 133 Å². The van der Waals surface area contributed by atoms with Gasteiger partial charge in [-0.1, -0.05) is 44.2 Å². The van der Waals surface area contributed by atoms with Gasteiger partial charge in [0, 0.05) is 85.4 Å². The topological polar surface area (TPSA) is 154 Å².